The number of imidazole rings is 1. The highest BCUT2D eigenvalue weighted by Gasteiger charge is 2.48. The van der Waals surface area contributed by atoms with Gasteiger partial charge in [-0.25, -0.2) is 4.98 Å². The number of amides is 1. The number of nitrogens with one attached hydrogen (secondary N) is 1. The molecule has 176 valence electrons. The Morgan fingerprint density at radius 3 is 2.37 bits per heavy atom. The maximum Gasteiger partial charge on any atom is 0.302 e. The summed E-state index contributed by atoms with van der Waals surface area (Å²) in [6.45, 7) is 1.92. The standard InChI is InChI=1S/C27H23N3O5/c1-15-8-10-16(11-9-15)24(31)22-23(17-12-13-20(34-2)21(14-17)35-3)30(26(33)25(22)32)27-28-18-6-4-5-7-19(18)29-27/h4-14,23,31H,1-3H3,(H,28,29)/b24-22+. The van der Waals surface area contributed by atoms with Crippen LogP contribution in [0.5, 0.6) is 11.5 Å². The van der Waals surface area contributed by atoms with Crippen molar-refractivity contribution in [2.75, 3.05) is 19.1 Å². The van der Waals surface area contributed by atoms with E-state index in [0.29, 0.717) is 33.7 Å². The number of aromatic amines is 1. The van der Waals surface area contributed by atoms with Crippen LogP contribution >= 0.6 is 0 Å². The van der Waals surface area contributed by atoms with Crippen LogP contribution in [0.3, 0.4) is 0 Å². The lowest BCUT2D eigenvalue weighted by Crippen LogP contribution is -2.30. The third kappa shape index (κ3) is 3.69. The molecule has 0 saturated carbocycles. The number of nitrogens with zero attached hydrogens (tertiary/aromatic N) is 2. The summed E-state index contributed by atoms with van der Waals surface area (Å²) in [6.07, 6.45) is 0. The smallest absolute Gasteiger partial charge is 0.302 e. The molecule has 5 rings (SSSR count). The molecule has 4 aromatic rings. The van der Waals surface area contributed by atoms with Crippen LogP contribution in [0.1, 0.15) is 22.7 Å². The molecular weight excluding hydrogens is 446 g/mol. The summed E-state index contributed by atoms with van der Waals surface area (Å²) in [7, 11) is 3.03. The fourth-order valence-electron chi connectivity index (χ4n) is 4.31. The molecule has 1 fully saturated rings. The van der Waals surface area contributed by atoms with Gasteiger partial charge in [0.15, 0.2) is 11.5 Å². The van der Waals surface area contributed by atoms with Crippen molar-refractivity contribution in [3.05, 3.63) is 89.0 Å². The van der Waals surface area contributed by atoms with Crippen molar-refractivity contribution in [2.45, 2.75) is 13.0 Å². The molecule has 0 radical (unpaired) electrons. The van der Waals surface area contributed by atoms with Crippen molar-refractivity contribution >= 4 is 34.4 Å². The second-order valence-electron chi connectivity index (χ2n) is 8.23. The summed E-state index contributed by atoms with van der Waals surface area (Å²) in [5.74, 6) is -0.732. The second-order valence-corrected chi connectivity index (χ2v) is 8.23. The largest absolute Gasteiger partial charge is 0.507 e. The molecule has 1 saturated heterocycles. The molecule has 1 atom stereocenters. The third-order valence-electron chi connectivity index (χ3n) is 6.10. The topological polar surface area (TPSA) is 105 Å². The van der Waals surface area contributed by atoms with Crippen LogP contribution in [-0.4, -0.2) is 41.0 Å². The van der Waals surface area contributed by atoms with Gasteiger partial charge < -0.3 is 19.6 Å². The molecule has 0 aliphatic carbocycles. The minimum absolute atomic E-state index is 0.0356. The first kappa shape index (κ1) is 22.2. The minimum Gasteiger partial charge on any atom is -0.507 e. The number of ketones is 1. The maximum atomic E-state index is 13.4. The van der Waals surface area contributed by atoms with Gasteiger partial charge in [-0.05, 0) is 36.8 Å². The van der Waals surface area contributed by atoms with Gasteiger partial charge in [-0.15, -0.1) is 0 Å². The zero-order chi connectivity index (χ0) is 24.7. The van der Waals surface area contributed by atoms with E-state index in [1.807, 2.05) is 43.3 Å². The number of H-pyrrole nitrogens is 1. The first-order valence-electron chi connectivity index (χ1n) is 11.0. The number of aliphatic hydroxyl groups excluding tert-OH is 1. The number of hydrogen-bond acceptors (Lipinski definition) is 6. The first-order chi connectivity index (χ1) is 16.9. The normalized spacial score (nSPS) is 17.2. The number of aliphatic hydroxyl groups is 1. The lowest BCUT2D eigenvalue weighted by molar-refractivity contribution is -0.132. The number of ether oxygens (including phenoxy) is 2. The van der Waals surface area contributed by atoms with Crippen LogP contribution in [0.2, 0.25) is 0 Å². The molecular formula is C27H23N3O5. The van der Waals surface area contributed by atoms with Gasteiger partial charge in [0.25, 0.3) is 5.78 Å². The lowest BCUT2D eigenvalue weighted by atomic mass is 9.95. The summed E-state index contributed by atoms with van der Waals surface area (Å²) >= 11 is 0. The summed E-state index contributed by atoms with van der Waals surface area (Å²) in [5.41, 5.74) is 3.31. The monoisotopic (exact) mass is 469 g/mol. The zero-order valence-corrected chi connectivity index (χ0v) is 19.4. The van der Waals surface area contributed by atoms with E-state index >= 15 is 0 Å². The van der Waals surface area contributed by atoms with Crippen LogP contribution in [0.4, 0.5) is 5.95 Å². The molecule has 1 amide bonds. The summed E-state index contributed by atoms with van der Waals surface area (Å²) < 4.78 is 10.8. The van der Waals surface area contributed by atoms with Crippen molar-refractivity contribution in [3.63, 3.8) is 0 Å². The van der Waals surface area contributed by atoms with E-state index in [1.165, 1.54) is 19.1 Å². The fourth-order valence-corrected chi connectivity index (χ4v) is 4.31. The lowest BCUT2D eigenvalue weighted by Gasteiger charge is -2.23. The van der Waals surface area contributed by atoms with Crippen molar-refractivity contribution in [2.24, 2.45) is 0 Å². The third-order valence-corrected chi connectivity index (χ3v) is 6.10. The van der Waals surface area contributed by atoms with Crippen molar-refractivity contribution < 1.29 is 24.2 Å². The summed E-state index contributed by atoms with van der Waals surface area (Å²) in [4.78, 5) is 35.7. The number of Topliss-reactive ketones (excluding diaryl/α,β-unsaturated/α-hetero) is 1. The molecule has 0 bridgehead atoms. The number of aromatic nitrogens is 2. The van der Waals surface area contributed by atoms with Crippen LogP contribution in [0.15, 0.2) is 72.3 Å². The summed E-state index contributed by atoms with van der Waals surface area (Å²) in [6, 6.07) is 18.6. The average molecular weight is 469 g/mol. The number of carbonyl (C=O) groups is 2. The van der Waals surface area contributed by atoms with Crippen LogP contribution in [0, 0.1) is 6.92 Å². The molecule has 8 nitrogen and oxygen atoms in total. The second kappa shape index (κ2) is 8.64. The van der Waals surface area contributed by atoms with Gasteiger partial charge in [0, 0.05) is 5.56 Å². The van der Waals surface area contributed by atoms with Crippen molar-refractivity contribution in [1.29, 1.82) is 0 Å². The first-order valence-corrected chi connectivity index (χ1v) is 11.0. The molecule has 2 N–H and O–H groups in total. The Morgan fingerprint density at radius 1 is 0.971 bits per heavy atom. The molecule has 3 aromatic carbocycles. The molecule has 1 aliphatic heterocycles. The zero-order valence-electron chi connectivity index (χ0n) is 19.4. The van der Waals surface area contributed by atoms with Crippen molar-refractivity contribution in [1.82, 2.24) is 9.97 Å². The molecule has 1 aromatic heterocycles. The van der Waals surface area contributed by atoms with Gasteiger partial charge in [-0.1, -0.05) is 48.0 Å². The number of rotatable bonds is 5. The van der Waals surface area contributed by atoms with Gasteiger partial charge >= 0.3 is 5.91 Å². The number of fused-ring (bicyclic) bond motifs is 1. The summed E-state index contributed by atoms with van der Waals surface area (Å²) in [5, 5.41) is 11.3. The van der Waals surface area contributed by atoms with Crippen LogP contribution < -0.4 is 14.4 Å². The van der Waals surface area contributed by atoms with Crippen LogP contribution in [-0.2, 0) is 9.59 Å². The highest BCUT2D eigenvalue weighted by atomic mass is 16.5. The minimum atomic E-state index is -0.948. The Bertz CT molecular complexity index is 1450. The predicted molar refractivity (Wildman–Crippen MR) is 132 cm³/mol. The number of methoxy groups -OCH3 is 2. The molecule has 1 unspecified atom stereocenters. The van der Waals surface area contributed by atoms with Crippen LogP contribution in [0.25, 0.3) is 16.8 Å². The Morgan fingerprint density at radius 2 is 1.69 bits per heavy atom. The van der Waals surface area contributed by atoms with Gasteiger partial charge in [0.1, 0.15) is 5.76 Å². The number of para-hydroxylation sites is 2. The molecule has 2 heterocycles. The number of aryl methyl sites for hydroxylation is 1. The Balaban J connectivity index is 1.75. The molecule has 1 aliphatic rings. The molecule has 35 heavy (non-hydrogen) atoms. The number of carbonyl (C=O) groups excluding carboxylic acids is 2. The van der Waals surface area contributed by atoms with Gasteiger partial charge in [0.2, 0.25) is 5.95 Å². The Kier molecular flexibility index (Phi) is 5.49. The predicted octanol–water partition coefficient (Wildman–Crippen LogP) is 4.51. The van der Waals surface area contributed by atoms with Crippen molar-refractivity contribution in [3.8, 4) is 11.5 Å². The SMILES string of the molecule is COc1ccc(C2/C(=C(\O)c3ccc(C)cc3)C(=O)C(=O)N2c2nc3ccccc3[nH]2)cc1OC. The quantitative estimate of drug-likeness (QED) is 0.253. The fraction of sp³-hybridized carbons (Fsp3) is 0.148. The van der Waals surface area contributed by atoms with E-state index in [0.717, 1.165) is 5.56 Å². The number of hydrogen-bond donors (Lipinski definition) is 2. The average Bonchev–Trinajstić information content (AvgIpc) is 3.42. The molecule has 0 spiro atoms. The maximum absolute atomic E-state index is 13.4. The van der Waals surface area contributed by atoms with E-state index in [4.69, 9.17) is 9.47 Å². The number of anilines is 1. The van der Waals surface area contributed by atoms with Gasteiger partial charge in [-0.3, -0.25) is 14.5 Å². The highest BCUT2D eigenvalue weighted by molar-refractivity contribution is 6.51. The van der Waals surface area contributed by atoms with Gasteiger partial charge in [0.05, 0.1) is 36.9 Å². The van der Waals surface area contributed by atoms with E-state index in [2.05, 4.69) is 9.97 Å². The molecule has 8 heteroatoms. The van der Waals surface area contributed by atoms with E-state index in [-0.39, 0.29) is 17.3 Å². The number of benzene rings is 3. The Hall–Kier alpha value is -4.59. The van der Waals surface area contributed by atoms with Gasteiger partial charge in [-0.2, -0.15) is 0 Å². The highest BCUT2D eigenvalue weighted by Crippen LogP contribution is 2.43. The van der Waals surface area contributed by atoms with E-state index in [1.54, 1.807) is 30.3 Å². The van der Waals surface area contributed by atoms with E-state index < -0.39 is 17.7 Å². The van der Waals surface area contributed by atoms with E-state index in [9.17, 15) is 14.7 Å². The Labute approximate surface area is 201 Å².